The maximum atomic E-state index is 13.2. The van der Waals surface area contributed by atoms with E-state index in [2.05, 4.69) is 15.0 Å². The third-order valence-electron chi connectivity index (χ3n) is 3.85. The molecule has 0 radical (unpaired) electrons. The Labute approximate surface area is 154 Å². The number of sulfonamides is 1. The first-order valence-corrected chi connectivity index (χ1v) is 9.50. The van der Waals surface area contributed by atoms with Crippen LogP contribution in [0.15, 0.2) is 52.2 Å². The lowest BCUT2D eigenvalue weighted by molar-refractivity contribution is -0.114. The minimum atomic E-state index is -3.78. The lowest BCUT2D eigenvalue weighted by atomic mass is 10.3. The van der Waals surface area contributed by atoms with Crippen molar-refractivity contribution in [3.8, 4) is 0 Å². The van der Waals surface area contributed by atoms with Gasteiger partial charge in [-0.1, -0.05) is 0 Å². The highest BCUT2D eigenvalue weighted by molar-refractivity contribution is 7.89. The lowest BCUT2D eigenvalue weighted by Gasteiger charge is -2.09. The summed E-state index contributed by atoms with van der Waals surface area (Å²) in [6, 6.07) is 9.59. The summed E-state index contributed by atoms with van der Waals surface area (Å²) in [5.41, 5.74) is 0.866. The Hall–Kier alpha value is -2.98. The molecule has 0 saturated carbocycles. The van der Waals surface area contributed by atoms with Gasteiger partial charge in [-0.2, -0.15) is 0 Å². The molecule has 1 aromatic heterocycles. The van der Waals surface area contributed by atoms with Crippen LogP contribution in [-0.4, -0.2) is 30.4 Å². The molecule has 0 aliphatic heterocycles. The predicted octanol–water partition coefficient (Wildman–Crippen LogP) is 1.41. The van der Waals surface area contributed by atoms with Gasteiger partial charge in [-0.25, -0.2) is 22.3 Å². The van der Waals surface area contributed by atoms with E-state index in [1.54, 1.807) is 0 Å². The zero-order chi connectivity index (χ0) is 19.6. The molecule has 27 heavy (non-hydrogen) atoms. The van der Waals surface area contributed by atoms with Gasteiger partial charge >= 0.3 is 5.69 Å². The van der Waals surface area contributed by atoms with Crippen LogP contribution in [0.4, 0.5) is 10.1 Å². The van der Waals surface area contributed by atoms with Crippen LogP contribution in [0.25, 0.3) is 11.0 Å². The Bertz CT molecular complexity index is 1150. The van der Waals surface area contributed by atoms with E-state index in [1.807, 2.05) is 0 Å². The van der Waals surface area contributed by atoms with Gasteiger partial charge in [0.15, 0.2) is 0 Å². The summed E-state index contributed by atoms with van der Waals surface area (Å²) >= 11 is 0. The largest absolute Gasteiger partial charge is 0.326 e. The molecule has 8 nitrogen and oxygen atoms in total. The number of aromatic nitrogens is 2. The molecular formula is C17H17FN4O4S. The highest BCUT2D eigenvalue weighted by Gasteiger charge is 2.14. The standard InChI is InChI=1S/C17H17FN4O4S/c1-11(23)20-13-3-5-14(6-4-13)27(25,26)19-8-9-22-16-7-2-12(18)10-15(16)21-17(22)24/h2-7,10,19H,8-9H2,1H3,(H,20,23)(H,21,24). The monoisotopic (exact) mass is 392 g/mol. The number of benzene rings is 2. The van der Waals surface area contributed by atoms with Crippen LogP contribution in [0.1, 0.15) is 6.92 Å². The van der Waals surface area contributed by atoms with E-state index in [9.17, 15) is 22.4 Å². The quantitative estimate of drug-likeness (QED) is 0.589. The number of nitrogens with one attached hydrogen (secondary N) is 3. The van der Waals surface area contributed by atoms with E-state index >= 15 is 0 Å². The molecule has 3 rings (SSSR count). The fourth-order valence-electron chi connectivity index (χ4n) is 2.65. The molecule has 142 valence electrons. The van der Waals surface area contributed by atoms with E-state index in [0.717, 1.165) is 0 Å². The van der Waals surface area contributed by atoms with Crippen LogP contribution in [0.5, 0.6) is 0 Å². The topological polar surface area (TPSA) is 113 Å². The normalized spacial score (nSPS) is 11.6. The molecule has 3 aromatic rings. The number of carbonyl (C=O) groups excluding carboxylic acids is 1. The number of hydrogen-bond donors (Lipinski definition) is 3. The number of rotatable bonds is 6. The average Bonchev–Trinajstić information content (AvgIpc) is 2.89. The number of carbonyl (C=O) groups is 1. The summed E-state index contributed by atoms with van der Waals surface area (Å²) in [7, 11) is -3.78. The predicted molar refractivity (Wildman–Crippen MR) is 98.5 cm³/mol. The molecule has 0 fully saturated rings. The zero-order valence-electron chi connectivity index (χ0n) is 14.3. The van der Waals surface area contributed by atoms with Crippen molar-refractivity contribution in [1.82, 2.24) is 14.3 Å². The van der Waals surface area contributed by atoms with Gasteiger partial charge in [0.1, 0.15) is 5.82 Å². The number of nitrogens with zero attached hydrogens (tertiary/aromatic N) is 1. The average molecular weight is 392 g/mol. The number of hydrogen-bond acceptors (Lipinski definition) is 4. The molecule has 0 saturated heterocycles. The molecular weight excluding hydrogens is 375 g/mol. The van der Waals surface area contributed by atoms with Gasteiger partial charge in [0.2, 0.25) is 15.9 Å². The second-order valence-corrected chi connectivity index (χ2v) is 7.61. The van der Waals surface area contributed by atoms with Gasteiger partial charge in [-0.15, -0.1) is 0 Å². The van der Waals surface area contributed by atoms with Crippen LogP contribution >= 0.6 is 0 Å². The molecule has 0 spiro atoms. The van der Waals surface area contributed by atoms with E-state index in [1.165, 1.54) is 54.0 Å². The molecule has 0 aliphatic carbocycles. The molecule has 0 atom stereocenters. The second kappa shape index (κ2) is 7.33. The number of anilines is 1. The fraction of sp³-hybridized carbons (Fsp3) is 0.176. The molecule has 10 heteroatoms. The molecule has 1 amide bonds. The summed E-state index contributed by atoms with van der Waals surface area (Å²) in [5, 5.41) is 2.55. The van der Waals surface area contributed by atoms with Crippen molar-refractivity contribution in [2.75, 3.05) is 11.9 Å². The van der Waals surface area contributed by atoms with Crippen LogP contribution < -0.4 is 15.7 Å². The van der Waals surface area contributed by atoms with Gasteiger partial charge in [0.05, 0.1) is 15.9 Å². The Morgan fingerprint density at radius 1 is 1.19 bits per heavy atom. The summed E-state index contributed by atoms with van der Waals surface area (Å²) in [6.07, 6.45) is 0. The zero-order valence-corrected chi connectivity index (χ0v) is 15.1. The number of aromatic amines is 1. The van der Waals surface area contributed by atoms with Crippen molar-refractivity contribution in [2.24, 2.45) is 0 Å². The maximum absolute atomic E-state index is 13.2. The van der Waals surface area contributed by atoms with E-state index in [4.69, 9.17) is 0 Å². The Morgan fingerprint density at radius 3 is 2.56 bits per heavy atom. The van der Waals surface area contributed by atoms with Gasteiger partial charge in [-0.05, 0) is 42.5 Å². The van der Waals surface area contributed by atoms with Crippen molar-refractivity contribution in [1.29, 1.82) is 0 Å². The minimum absolute atomic E-state index is 0.0278. The first kappa shape index (κ1) is 18.8. The van der Waals surface area contributed by atoms with Crippen LogP contribution in [0.3, 0.4) is 0 Å². The highest BCUT2D eigenvalue weighted by atomic mass is 32.2. The lowest BCUT2D eigenvalue weighted by Crippen LogP contribution is -2.30. The van der Waals surface area contributed by atoms with E-state index in [-0.39, 0.29) is 23.9 Å². The highest BCUT2D eigenvalue weighted by Crippen LogP contribution is 2.14. The Kier molecular flexibility index (Phi) is 5.10. The van der Waals surface area contributed by atoms with Crippen LogP contribution in [-0.2, 0) is 21.4 Å². The van der Waals surface area contributed by atoms with Gasteiger partial charge in [0.25, 0.3) is 0 Å². The van der Waals surface area contributed by atoms with Crippen molar-refractivity contribution < 1.29 is 17.6 Å². The van der Waals surface area contributed by atoms with E-state index in [0.29, 0.717) is 16.7 Å². The molecule has 0 bridgehead atoms. The number of amides is 1. The first-order chi connectivity index (χ1) is 12.8. The SMILES string of the molecule is CC(=O)Nc1ccc(S(=O)(=O)NCCn2c(=O)[nH]c3cc(F)ccc32)cc1. The smallest absolute Gasteiger partial charge is 0.326 e. The molecule has 2 aromatic carbocycles. The second-order valence-electron chi connectivity index (χ2n) is 5.85. The molecule has 0 unspecified atom stereocenters. The summed E-state index contributed by atoms with van der Waals surface area (Å²) in [5.74, 6) is -0.730. The molecule has 3 N–H and O–H groups in total. The first-order valence-electron chi connectivity index (χ1n) is 8.02. The summed E-state index contributed by atoms with van der Waals surface area (Å²) in [6.45, 7) is 1.40. The number of halogens is 1. The Balaban J connectivity index is 1.70. The summed E-state index contributed by atoms with van der Waals surface area (Å²) in [4.78, 5) is 25.5. The van der Waals surface area contributed by atoms with Gasteiger partial charge in [-0.3, -0.25) is 9.36 Å². The van der Waals surface area contributed by atoms with Crippen molar-refractivity contribution >= 4 is 32.7 Å². The minimum Gasteiger partial charge on any atom is -0.326 e. The van der Waals surface area contributed by atoms with E-state index < -0.39 is 21.5 Å². The third-order valence-corrected chi connectivity index (χ3v) is 5.33. The van der Waals surface area contributed by atoms with Gasteiger partial charge < -0.3 is 10.3 Å². The third kappa shape index (κ3) is 4.23. The van der Waals surface area contributed by atoms with Crippen molar-refractivity contribution in [2.45, 2.75) is 18.4 Å². The number of imidazole rings is 1. The number of H-pyrrole nitrogens is 1. The number of fused-ring (bicyclic) bond motifs is 1. The van der Waals surface area contributed by atoms with Crippen molar-refractivity contribution in [3.05, 3.63) is 58.8 Å². The fourth-order valence-corrected chi connectivity index (χ4v) is 3.67. The molecule has 0 aliphatic rings. The Morgan fingerprint density at radius 2 is 1.89 bits per heavy atom. The van der Waals surface area contributed by atoms with Crippen molar-refractivity contribution in [3.63, 3.8) is 0 Å². The van der Waals surface area contributed by atoms with Gasteiger partial charge in [0, 0.05) is 25.7 Å². The molecule has 1 heterocycles. The summed E-state index contributed by atoms with van der Waals surface area (Å²) < 4.78 is 41.7. The van der Waals surface area contributed by atoms with Crippen LogP contribution in [0, 0.1) is 5.82 Å². The maximum Gasteiger partial charge on any atom is 0.326 e. The van der Waals surface area contributed by atoms with Crippen LogP contribution in [0.2, 0.25) is 0 Å².